The van der Waals surface area contributed by atoms with Gasteiger partial charge in [0.2, 0.25) is 0 Å². The van der Waals surface area contributed by atoms with Gasteiger partial charge in [0.05, 0.1) is 0 Å². The largest absolute Gasteiger partial charge is 0.319 e. The van der Waals surface area contributed by atoms with Gasteiger partial charge in [-0.1, -0.05) is 50.6 Å². The molecule has 0 radical (unpaired) electrons. The molecule has 20 heavy (non-hydrogen) atoms. The summed E-state index contributed by atoms with van der Waals surface area (Å²) in [7, 11) is 2.09. The average molecular weight is 273 g/mol. The summed E-state index contributed by atoms with van der Waals surface area (Å²) >= 11 is 0. The highest BCUT2D eigenvalue weighted by Crippen LogP contribution is 2.46. The van der Waals surface area contributed by atoms with Crippen LogP contribution in [0.25, 0.3) is 0 Å². The van der Waals surface area contributed by atoms with Crippen LogP contribution in [0.15, 0.2) is 24.3 Å². The van der Waals surface area contributed by atoms with Crippen LogP contribution in [0.3, 0.4) is 0 Å². The highest BCUT2D eigenvalue weighted by atomic mass is 14.8. The molecule has 1 nitrogen and oxygen atoms in total. The first-order valence-corrected chi connectivity index (χ1v) is 8.13. The van der Waals surface area contributed by atoms with Crippen LogP contribution < -0.4 is 5.32 Å². The number of hydrogen-bond donors (Lipinski definition) is 1. The summed E-state index contributed by atoms with van der Waals surface area (Å²) in [5.41, 5.74) is 3.35. The number of benzene rings is 1. The fraction of sp³-hybridized carbons (Fsp3) is 0.684. The molecule has 112 valence electrons. The minimum Gasteiger partial charge on any atom is -0.319 e. The Hall–Kier alpha value is -0.820. The van der Waals surface area contributed by atoms with Crippen LogP contribution in [0.2, 0.25) is 0 Å². The second-order valence-corrected chi connectivity index (χ2v) is 7.71. The Morgan fingerprint density at radius 3 is 2.30 bits per heavy atom. The molecule has 1 aromatic carbocycles. The smallest absolute Gasteiger partial charge is 0.00177 e. The predicted molar refractivity (Wildman–Crippen MR) is 88.1 cm³/mol. The third kappa shape index (κ3) is 3.63. The van der Waals surface area contributed by atoms with Crippen molar-refractivity contribution in [1.82, 2.24) is 5.32 Å². The molecule has 0 spiro atoms. The number of rotatable bonds is 3. The van der Waals surface area contributed by atoms with Crippen LogP contribution in [0.5, 0.6) is 0 Å². The zero-order valence-electron chi connectivity index (χ0n) is 13.9. The van der Waals surface area contributed by atoms with E-state index < -0.39 is 0 Å². The maximum absolute atomic E-state index is 3.40. The van der Waals surface area contributed by atoms with E-state index in [-0.39, 0.29) is 0 Å². The molecule has 3 atom stereocenters. The lowest BCUT2D eigenvalue weighted by molar-refractivity contribution is 0.130. The molecular weight excluding hydrogens is 242 g/mol. The molecule has 1 aliphatic carbocycles. The molecule has 1 aliphatic rings. The van der Waals surface area contributed by atoms with E-state index in [1.165, 1.54) is 24.8 Å². The second-order valence-electron chi connectivity index (χ2n) is 7.71. The normalized spacial score (nSPS) is 27.6. The maximum Gasteiger partial charge on any atom is -0.00177 e. The zero-order valence-corrected chi connectivity index (χ0v) is 13.9. The van der Waals surface area contributed by atoms with Crippen LogP contribution in [0.1, 0.15) is 57.1 Å². The standard InChI is InChI=1S/C19H31N/c1-14-6-8-15(9-7-14)18-12-17(19(2,3)4)11-10-16(18)13-20-5/h6-9,16-18,20H,10-13H2,1-5H3. The highest BCUT2D eigenvalue weighted by Gasteiger charge is 2.36. The topological polar surface area (TPSA) is 12.0 Å². The minimum atomic E-state index is 0.438. The van der Waals surface area contributed by atoms with E-state index in [0.717, 1.165) is 24.3 Å². The van der Waals surface area contributed by atoms with Gasteiger partial charge in [-0.25, -0.2) is 0 Å². The van der Waals surface area contributed by atoms with Gasteiger partial charge in [0.15, 0.2) is 0 Å². The van der Waals surface area contributed by atoms with Gasteiger partial charge >= 0.3 is 0 Å². The van der Waals surface area contributed by atoms with Gasteiger partial charge in [-0.2, -0.15) is 0 Å². The van der Waals surface area contributed by atoms with E-state index in [1.807, 2.05) is 0 Å². The van der Waals surface area contributed by atoms with E-state index in [0.29, 0.717) is 5.41 Å². The first kappa shape index (κ1) is 15.6. The Morgan fingerprint density at radius 2 is 1.75 bits per heavy atom. The van der Waals surface area contributed by atoms with Crippen molar-refractivity contribution in [3.8, 4) is 0 Å². The van der Waals surface area contributed by atoms with Gasteiger partial charge < -0.3 is 5.32 Å². The molecule has 2 rings (SSSR count). The van der Waals surface area contributed by atoms with Crippen molar-refractivity contribution in [2.75, 3.05) is 13.6 Å². The minimum absolute atomic E-state index is 0.438. The van der Waals surface area contributed by atoms with Gasteiger partial charge in [-0.15, -0.1) is 0 Å². The summed E-state index contributed by atoms with van der Waals surface area (Å²) in [5, 5.41) is 3.40. The lowest BCUT2D eigenvalue weighted by Gasteiger charge is -2.42. The third-order valence-corrected chi connectivity index (χ3v) is 5.19. The van der Waals surface area contributed by atoms with Gasteiger partial charge in [-0.3, -0.25) is 0 Å². The maximum atomic E-state index is 3.40. The molecule has 1 saturated carbocycles. The molecule has 0 saturated heterocycles. The predicted octanol–water partition coefficient (Wildman–Crippen LogP) is 4.76. The summed E-state index contributed by atoms with van der Waals surface area (Å²) in [5.74, 6) is 2.37. The molecule has 0 heterocycles. The first-order valence-electron chi connectivity index (χ1n) is 8.13. The zero-order chi connectivity index (χ0) is 14.8. The fourth-order valence-electron chi connectivity index (χ4n) is 3.75. The average Bonchev–Trinajstić information content (AvgIpc) is 2.39. The summed E-state index contributed by atoms with van der Waals surface area (Å²) < 4.78 is 0. The summed E-state index contributed by atoms with van der Waals surface area (Å²) in [6.45, 7) is 10.5. The molecule has 1 heteroatoms. The summed E-state index contributed by atoms with van der Waals surface area (Å²) in [6, 6.07) is 9.25. The van der Waals surface area contributed by atoms with E-state index in [9.17, 15) is 0 Å². The monoisotopic (exact) mass is 273 g/mol. The Labute approximate surface area is 125 Å². The van der Waals surface area contributed by atoms with Crippen molar-refractivity contribution in [1.29, 1.82) is 0 Å². The van der Waals surface area contributed by atoms with Crippen LogP contribution in [0, 0.1) is 24.2 Å². The highest BCUT2D eigenvalue weighted by molar-refractivity contribution is 5.26. The lowest BCUT2D eigenvalue weighted by atomic mass is 9.64. The Morgan fingerprint density at radius 1 is 1.10 bits per heavy atom. The second kappa shape index (κ2) is 6.30. The quantitative estimate of drug-likeness (QED) is 0.837. The SMILES string of the molecule is CNCC1CCC(C(C)(C)C)CC1c1ccc(C)cc1. The fourth-order valence-corrected chi connectivity index (χ4v) is 3.75. The number of aryl methyl sites for hydroxylation is 1. The Bertz CT molecular complexity index is 412. The van der Waals surface area contributed by atoms with Crippen molar-refractivity contribution < 1.29 is 0 Å². The van der Waals surface area contributed by atoms with Gasteiger partial charge in [0, 0.05) is 0 Å². The van der Waals surface area contributed by atoms with Crippen LogP contribution in [-0.4, -0.2) is 13.6 Å². The van der Waals surface area contributed by atoms with E-state index in [1.54, 1.807) is 5.56 Å². The van der Waals surface area contributed by atoms with Crippen molar-refractivity contribution in [3.05, 3.63) is 35.4 Å². The molecule has 1 aromatic rings. The van der Waals surface area contributed by atoms with Crippen molar-refractivity contribution in [2.45, 2.75) is 52.9 Å². The van der Waals surface area contributed by atoms with E-state index >= 15 is 0 Å². The van der Waals surface area contributed by atoms with E-state index in [2.05, 4.69) is 64.3 Å². The van der Waals surface area contributed by atoms with Gasteiger partial charge in [0.25, 0.3) is 0 Å². The molecule has 0 aliphatic heterocycles. The molecule has 0 bridgehead atoms. The number of nitrogens with one attached hydrogen (secondary N) is 1. The summed E-state index contributed by atoms with van der Waals surface area (Å²) in [4.78, 5) is 0. The Balaban J connectivity index is 2.20. The molecule has 3 unspecified atom stereocenters. The first-order chi connectivity index (χ1) is 9.41. The molecule has 1 N–H and O–H groups in total. The molecule has 1 fully saturated rings. The Kier molecular flexibility index (Phi) is 4.90. The van der Waals surface area contributed by atoms with Crippen LogP contribution in [0.4, 0.5) is 0 Å². The van der Waals surface area contributed by atoms with Gasteiger partial charge in [0.1, 0.15) is 0 Å². The van der Waals surface area contributed by atoms with Crippen LogP contribution >= 0.6 is 0 Å². The lowest BCUT2D eigenvalue weighted by Crippen LogP contribution is -2.34. The number of hydrogen-bond acceptors (Lipinski definition) is 1. The van der Waals surface area contributed by atoms with Gasteiger partial charge in [-0.05, 0) is 68.5 Å². The summed E-state index contributed by atoms with van der Waals surface area (Å²) in [6.07, 6.45) is 4.10. The van der Waals surface area contributed by atoms with E-state index in [4.69, 9.17) is 0 Å². The third-order valence-electron chi connectivity index (χ3n) is 5.19. The van der Waals surface area contributed by atoms with Crippen molar-refractivity contribution in [3.63, 3.8) is 0 Å². The molecule has 0 amide bonds. The molecule has 0 aromatic heterocycles. The van der Waals surface area contributed by atoms with Crippen LogP contribution in [-0.2, 0) is 0 Å². The van der Waals surface area contributed by atoms with Crippen molar-refractivity contribution in [2.24, 2.45) is 17.3 Å². The van der Waals surface area contributed by atoms with Crippen molar-refractivity contribution >= 4 is 0 Å². The molecular formula is C19H31N.